The monoisotopic (exact) mass is 591 g/mol. The molecule has 0 atom stereocenters. The van der Waals surface area contributed by atoms with Crippen LogP contribution in [0.4, 0.5) is 10.2 Å². The first kappa shape index (κ1) is 25.1. The van der Waals surface area contributed by atoms with E-state index < -0.39 is 15.8 Å². The standard InChI is InChI=1S/C25H24BrClFN5O2S/c1-16-6-7-18(28)12-23(16)36(34,35)32-10-8-17(9-11-32)14-29-24-13-22(19-4-2-3-5-21(19)27)31-25-20(26)15-30-33(24)25/h2-7,12-13,15,17,29H,8-11,14H2,1H3. The molecule has 7 nitrogen and oxygen atoms in total. The van der Waals surface area contributed by atoms with E-state index in [4.69, 9.17) is 16.6 Å². The van der Waals surface area contributed by atoms with Crippen molar-refractivity contribution < 1.29 is 12.8 Å². The van der Waals surface area contributed by atoms with Crippen LogP contribution in [0.1, 0.15) is 18.4 Å². The Balaban J connectivity index is 1.31. The summed E-state index contributed by atoms with van der Waals surface area (Å²) in [7, 11) is -3.74. The number of aryl methyl sites for hydroxylation is 1. The SMILES string of the molecule is Cc1ccc(F)cc1S(=O)(=O)N1CCC(CNc2cc(-c3ccccc3Cl)nc3c(Br)cnn23)CC1. The van der Waals surface area contributed by atoms with Crippen LogP contribution in [0.5, 0.6) is 0 Å². The zero-order chi connectivity index (χ0) is 25.4. The number of sulfonamides is 1. The Labute approximate surface area is 222 Å². The summed E-state index contributed by atoms with van der Waals surface area (Å²) < 4.78 is 43.9. The molecule has 4 aromatic rings. The van der Waals surface area contributed by atoms with E-state index in [0.29, 0.717) is 48.7 Å². The van der Waals surface area contributed by atoms with Crippen molar-refractivity contribution in [3.8, 4) is 11.3 Å². The summed E-state index contributed by atoms with van der Waals surface area (Å²) in [4.78, 5) is 4.77. The molecule has 1 saturated heterocycles. The molecule has 1 N–H and O–H groups in total. The van der Waals surface area contributed by atoms with Crippen molar-refractivity contribution >= 4 is 49.0 Å². The highest BCUT2D eigenvalue weighted by molar-refractivity contribution is 9.10. The maximum Gasteiger partial charge on any atom is 0.243 e. The second kappa shape index (κ2) is 10.1. The summed E-state index contributed by atoms with van der Waals surface area (Å²) in [5.74, 6) is 0.477. The van der Waals surface area contributed by atoms with E-state index in [-0.39, 0.29) is 10.8 Å². The van der Waals surface area contributed by atoms with E-state index in [2.05, 4.69) is 26.3 Å². The van der Waals surface area contributed by atoms with Gasteiger partial charge < -0.3 is 5.32 Å². The van der Waals surface area contributed by atoms with E-state index in [1.807, 2.05) is 30.3 Å². The highest BCUT2D eigenvalue weighted by Crippen LogP contribution is 2.31. The first-order valence-electron chi connectivity index (χ1n) is 11.5. The van der Waals surface area contributed by atoms with Crippen molar-refractivity contribution in [3.05, 3.63) is 75.6 Å². The third-order valence-electron chi connectivity index (χ3n) is 6.49. The van der Waals surface area contributed by atoms with Crippen molar-refractivity contribution in [2.24, 2.45) is 5.92 Å². The second-order valence-corrected chi connectivity index (χ2v) is 12.0. The third-order valence-corrected chi connectivity index (χ3v) is 9.42. The van der Waals surface area contributed by atoms with Gasteiger partial charge in [-0.2, -0.15) is 13.9 Å². The van der Waals surface area contributed by atoms with Gasteiger partial charge in [0.1, 0.15) is 11.6 Å². The molecule has 1 aliphatic rings. The average Bonchev–Trinajstić information content (AvgIpc) is 3.25. The van der Waals surface area contributed by atoms with Gasteiger partial charge in [0.05, 0.1) is 21.3 Å². The number of rotatable bonds is 6. The summed E-state index contributed by atoms with van der Waals surface area (Å²) in [5.41, 5.74) is 2.76. The number of hydrogen-bond donors (Lipinski definition) is 1. The van der Waals surface area contributed by atoms with Gasteiger partial charge in [0.2, 0.25) is 10.0 Å². The molecular weight excluding hydrogens is 569 g/mol. The summed E-state index contributed by atoms with van der Waals surface area (Å²) in [6, 6.07) is 13.3. The van der Waals surface area contributed by atoms with Gasteiger partial charge in [-0.25, -0.2) is 17.8 Å². The number of piperidine rings is 1. The van der Waals surface area contributed by atoms with Crippen LogP contribution in [0.2, 0.25) is 5.02 Å². The minimum Gasteiger partial charge on any atom is -0.370 e. The molecule has 0 saturated carbocycles. The van der Waals surface area contributed by atoms with Crippen molar-refractivity contribution in [2.45, 2.75) is 24.7 Å². The minimum atomic E-state index is -3.74. The van der Waals surface area contributed by atoms with Crippen LogP contribution in [0.25, 0.3) is 16.9 Å². The lowest BCUT2D eigenvalue weighted by Gasteiger charge is -2.31. The molecule has 5 rings (SSSR count). The van der Waals surface area contributed by atoms with Crippen LogP contribution in [0.15, 0.2) is 64.1 Å². The highest BCUT2D eigenvalue weighted by atomic mass is 79.9. The number of aromatic nitrogens is 3. The van der Waals surface area contributed by atoms with Gasteiger partial charge in [-0.05, 0) is 65.4 Å². The smallest absolute Gasteiger partial charge is 0.243 e. The molecule has 3 heterocycles. The lowest BCUT2D eigenvalue weighted by Crippen LogP contribution is -2.40. The van der Waals surface area contributed by atoms with Gasteiger partial charge in [-0.15, -0.1) is 0 Å². The van der Waals surface area contributed by atoms with E-state index in [9.17, 15) is 12.8 Å². The molecule has 0 bridgehead atoms. The molecule has 36 heavy (non-hydrogen) atoms. The third kappa shape index (κ3) is 4.87. The van der Waals surface area contributed by atoms with Crippen LogP contribution in [0.3, 0.4) is 0 Å². The Morgan fingerprint density at radius 2 is 1.92 bits per heavy atom. The van der Waals surface area contributed by atoms with E-state index in [0.717, 1.165) is 27.6 Å². The molecule has 2 aromatic carbocycles. The zero-order valence-electron chi connectivity index (χ0n) is 19.5. The highest BCUT2D eigenvalue weighted by Gasteiger charge is 2.30. The normalized spacial score (nSPS) is 15.4. The van der Waals surface area contributed by atoms with Crippen molar-refractivity contribution in [1.82, 2.24) is 18.9 Å². The Hall–Kier alpha value is -2.53. The molecule has 0 radical (unpaired) electrons. The fourth-order valence-corrected chi connectivity index (χ4v) is 6.75. The summed E-state index contributed by atoms with van der Waals surface area (Å²) in [6.07, 6.45) is 3.08. The molecule has 1 aliphatic heterocycles. The summed E-state index contributed by atoms with van der Waals surface area (Å²) in [5, 5.41) is 8.52. The second-order valence-electron chi connectivity index (χ2n) is 8.87. The van der Waals surface area contributed by atoms with Crippen LogP contribution in [-0.4, -0.2) is 47.0 Å². The number of nitrogens with one attached hydrogen (secondary N) is 1. The number of anilines is 1. The molecule has 0 spiro atoms. The van der Waals surface area contributed by atoms with Crippen molar-refractivity contribution in [3.63, 3.8) is 0 Å². The lowest BCUT2D eigenvalue weighted by atomic mass is 9.98. The predicted molar refractivity (Wildman–Crippen MR) is 142 cm³/mol. The Kier molecular flexibility index (Phi) is 7.04. The Bertz CT molecular complexity index is 1540. The van der Waals surface area contributed by atoms with Crippen LogP contribution in [0, 0.1) is 18.7 Å². The van der Waals surface area contributed by atoms with Gasteiger partial charge in [0, 0.05) is 36.3 Å². The molecule has 1 fully saturated rings. The number of fused-ring (bicyclic) bond motifs is 1. The fourth-order valence-electron chi connectivity index (χ4n) is 4.46. The van der Waals surface area contributed by atoms with E-state index >= 15 is 0 Å². The summed E-state index contributed by atoms with van der Waals surface area (Å²) >= 11 is 9.93. The average molecular weight is 593 g/mol. The van der Waals surface area contributed by atoms with E-state index in [1.54, 1.807) is 17.6 Å². The number of nitrogens with zero attached hydrogens (tertiary/aromatic N) is 4. The van der Waals surface area contributed by atoms with Crippen molar-refractivity contribution in [2.75, 3.05) is 25.0 Å². The Morgan fingerprint density at radius 3 is 2.67 bits per heavy atom. The Morgan fingerprint density at radius 1 is 1.17 bits per heavy atom. The number of benzene rings is 2. The van der Waals surface area contributed by atoms with Crippen LogP contribution >= 0.6 is 27.5 Å². The van der Waals surface area contributed by atoms with Gasteiger partial charge in [-0.1, -0.05) is 35.9 Å². The maximum atomic E-state index is 13.7. The van der Waals surface area contributed by atoms with Crippen LogP contribution in [-0.2, 0) is 10.0 Å². The quantitative estimate of drug-likeness (QED) is 0.307. The van der Waals surface area contributed by atoms with Crippen molar-refractivity contribution in [1.29, 1.82) is 0 Å². The molecule has 2 aromatic heterocycles. The molecule has 188 valence electrons. The molecule has 0 amide bonds. The number of hydrogen-bond acceptors (Lipinski definition) is 5. The minimum absolute atomic E-state index is 0.0367. The van der Waals surface area contributed by atoms with Gasteiger partial charge in [0.15, 0.2) is 5.65 Å². The molecule has 0 unspecified atom stereocenters. The summed E-state index contributed by atoms with van der Waals surface area (Å²) in [6.45, 7) is 3.09. The molecule has 11 heteroatoms. The first-order chi connectivity index (χ1) is 17.2. The largest absolute Gasteiger partial charge is 0.370 e. The predicted octanol–water partition coefficient (Wildman–Crippen LogP) is 5.77. The fraction of sp³-hybridized carbons (Fsp3) is 0.280. The van der Waals surface area contributed by atoms with E-state index in [1.165, 1.54) is 16.4 Å². The lowest BCUT2D eigenvalue weighted by molar-refractivity contribution is 0.282. The maximum absolute atomic E-state index is 13.7. The van der Waals surface area contributed by atoms with Crippen LogP contribution < -0.4 is 5.32 Å². The number of halogens is 3. The van der Waals surface area contributed by atoms with Gasteiger partial charge in [0.25, 0.3) is 0 Å². The first-order valence-corrected chi connectivity index (χ1v) is 14.1. The molecular formula is C25H24BrClFN5O2S. The van der Waals surface area contributed by atoms with Gasteiger partial charge in [-0.3, -0.25) is 0 Å². The zero-order valence-corrected chi connectivity index (χ0v) is 22.6. The van der Waals surface area contributed by atoms with Gasteiger partial charge >= 0.3 is 0 Å². The molecule has 0 aliphatic carbocycles. The topological polar surface area (TPSA) is 79.6 Å².